The minimum Gasteiger partial charge on any atom is -0.349 e. The molecule has 2 aromatic heterocycles. The Balaban J connectivity index is 1.10. The maximum Gasteiger partial charge on any atom is 0.138 e. The first-order valence-electron chi connectivity index (χ1n) is 22.3. The van der Waals surface area contributed by atoms with Crippen LogP contribution in [0.3, 0.4) is 0 Å². The Morgan fingerprint density at radius 2 is 1.11 bits per heavy atom. The lowest BCUT2D eigenvalue weighted by Crippen LogP contribution is -2.33. The van der Waals surface area contributed by atoms with Crippen molar-refractivity contribution in [2.45, 2.75) is 33.7 Å². The molecule has 310 valence electrons. The van der Waals surface area contributed by atoms with Crippen molar-refractivity contribution in [3.05, 3.63) is 218 Å². The van der Waals surface area contributed by atoms with Gasteiger partial charge in [0.15, 0.2) is 0 Å². The van der Waals surface area contributed by atoms with Gasteiger partial charge in [0.25, 0.3) is 0 Å². The van der Waals surface area contributed by atoms with Crippen LogP contribution in [-0.4, -0.2) is 22.3 Å². The van der Waals surface area contributed by atoms with Crippen LogP contribution in [-0.2, 0) is 0 Å². The lowest BCUT2D eigenvalue weighted by atomic mass is 9.88. The molecule has 0 N–H and O–H groups in total. The van der Waals surface area contributed by atoms with Crippen LogP contribution in [0.4, 0.5) is 34.1 Å². The second kappa shape index (κ2) is 16.1. The van der Waals surface area contributed by atoms with Crippen LogP contribution in [0.15, 0.2) is 206 Å². The number of rotatable bonds is 9. The molecule has 0 radical (unpaired) electrons. The Hall–Kier alpha value is -7.89. The molecule has 0 atom stereocenters. The number of hydrogen-bond acceptors (Lipinski definition) is 4. The molecule has 0 saturated heterocycles. The van der Waals surface area contributed by atoms with Gasteiger partial charge in [0.2, 0.25) is 0 Å². The van der Waals surface area contributed by atoms with E-state index in [1.807, 2.05) is 6.20 Å². The first kappa shape index (κ1) is 39.0. The predicted molar refractivity (Wildman–Crippen MR) is 270 cm³/mol. The molecular formula is C59H49N5. The summed E-state index contributed by atoms with van der Waals surface area (Å²) in [6.45, 7) is 9.78. The van der Waals surface area contributed by atoms with E-state index in [4.69, 9.17) is 4.98 Å². The molecule has 0 amide bonds. The molecule has 0 bridgehead atoms. The second-order valence-corrected chi connectivity index (χ2v) is 17.1. The van der Waals surface area contributed by atoms with Gasteiger partial charge in [-0.3, -0.25) is 4.57 Å². The summed E-state index contributed by atoms with van der Waals surface area (Å²) >= 11 is 0. The Bertz CT molecular complexity index is 3250. The van der Waals surface area contributed by atoms with Crippen LogP contribution in [0.1, 0.15) is 25.0 Å². The number of aryl methyl sites for hydroxylation is 2. The second-order valence-electron chi connectivity index (χ2n) is 17.1. The van der Waals surface area contributed by atoms with E-state index in [9.17, 15) is 0 Å². The molecular weight excluding hydrogens is 779 g/mol. The standard InChI is InChI=1S/C59H49N5/c1-40(2)61-39-62(55-31-14-13-30-54(55)61)46-24-16-25-47(37-46)63(59-41(3)18-15-19-42(59)4)48-32-33-52-51-26-11-12-29-53(51)64(56(52)38-48)57-36-45(34-35-60-57)58-49(43-20-7-5-8-21-43)27-17-28-50(58)44-22-9-6-10-23-44/h5-38,40H,39H2,1-4H3. The molecule has 11 rings (SSSR count). The molecule has 5 heteroatoms. The molecule has 0 aliphatic carbocycles. The van der Waals surface area contributed by atoms with E-state index in [2.05, 4.69) is 247 Å². The van der Waals surface area contributed by atoms with Gasteiger partial charge in [0.1, 0.15) is 5.82 Å². The summed E-state index contributed by atoms with van der Waals surface area (Å²) in [4.78, 5) is 12.5. The quantitative estimate of drug-likeness (QED) is 0.145. The third-order valence-corrected chi connectivity index (χ3v) is 12.9. The summed E-state index contributed by atoms with van der Waals surface area (Å²) in [7, 11) is 0. The minimum absolute atomic E-state index is 0.374. The zero-order valence-electron chi connectivity index (χ0n) is 36.7. The number of fused-ring (bicyclic) bond motifs is 4. The highest BCUT2D eigenvalue weighted by Gasteiger charge is 2.29. The van der Waals surface area contributed by atoms with Crippen LogP contribution in [0.5, 0.6) is 0 Å². The predicted octanol–water partition coefficient (Wildman–Crippen LogP) is 15.6. The third-order valence-electron chi connectivity index (χ3n) is 12.9. The maximum absolute atomic E-state index is 5.16. The number of aromatic nitrogens is 2. The molecule has 5 nitrogen and oxygen atoms in total. The van der Waals surface area contributed by atoms with Crippen molar-refractivity contribution in [1.29, 1.82) is 0 Å². The van der Waals surface area contributed by atoms with Gasteiger partial charge in [-0.05, 0) is 133 Å². The van der Waals surface area contributed by atoms with Gasteiger partial charge in [-0.2, -0.15) is 0 Å². The Morgan fingerprint density at radius 1 is 0.500 bits per heavy atom. The largest absolute Gasteiger partial charge is 0.349 e. The molecule has 8 aromatic carbocycles. The van der Waals surface area contributed by atoms with Gasteiger partial charge in [-0.25, -0.2) is 4.98 Å². The first-order chi connectivity index (χ1) is 31.4. The maximum atomic E-state index is 5.16. The van der Waals surface area contributed by atoms with Crippen LogP contribution >= 0.6 is 0 Å². The van der Waals surface area contributed by atoms with Gasteiger partial charge in [0, 0.05) is 40.1 Å². The number of hydrogen-bond donors (Lipinski definition) is 0. The van der Waals surface area contributed by atoms with Crippen LogP contribution < -0.4 is 14.7 Å². The molecule has 0 fully saturated rings. The van der Waals surface area contributed by atoms with E-state index >= 15 is 0 Å². The summed E-state index contributed by atoms with van der Waals surface area (Å²) in [6, 6.07) is 73.0. The highest BCUT2D eigenvalue weighted by Crippen LogP contribution is 2.46. The molecule has 1 aliphatic rings. The molecule has 10 aromatic rings. The number of pyridine rings is 1. The van der Waals surface area contributed by atoms with Crippen LogP contribution in [0.25, 0.3) is 61.0 Å². The van der Waals surface area contributed by atoms with Crippen molar-refractivity contribution >= 4 is 55.9 Å². The Kier molecular flexibility index (Phi) is 9.81. The van der Waals surface area contributed by atoms with Gasteiger partial charge in [-0.1, -0.05) is 140 Å². The van der Waals surface area contributed by atoms with Gasteiger partial charge < -0.3 is 14.7 Å². The van der Waals surface area contributed by atoms with Gasteiger partial charge in [0.05, 0.1) is 34.8 Å². The van der Waals surface area contributed by atoms with E-state index in [1.165, 1.54) is 66.8 Å². The fraction of sp³-hybridized carbons (Fsp3) is 0.102. The van der Waals surface area contributed by atoms with Gasteiger partial charge >= 0.3 is 0 Å². The summed E-state index contributed by atoms with van der Waals surface area (Å²) in [5, 5.41) is 2.37. The van der Waals surface area contributed by atoms with Crippen molar-refractivity contribution in [1.82, 2.24) is 9.55 Å². The third kappa shape index (κ3) is 6.68. The first-order valence-corrected chi connectivity index (χ1v) is 22.3. The highest BCUT2D eigenvalue weighted by molar-refractivity contribution is 6.10. The smallest absolute Gasteiger partial charge is 0.138 e. The van der Waals surface area contributed by atoms with Crippen LogP contribution in [0.2, 0.25) is 0 Å². The number of para-hydroxylation sites is 4. The van der Waals surface area contributed by atoms with E-state index in [1.54, 1.807) is 0 Å². The zero-order chi connectivity index (χ0) is 43.3. The lowest BCUT2D eigenvalue weighted by Gasteiger charge is -2.30. The highest BCUT2D eigenvalue weighted by atomic mass is 15.4. The van der Waals surface area contributed by atoms with Crippen molar-refractivity contribution in [2.75, 3.05) is 21.4 Å². The Morgan fingerprint density at radius 3 is 1.83 bits per heavy atom. The summed E-state index contributed by atoms with van der Waals surface area (Å²) in [5.41, 5.74) is 18.7. The van der Waals surface area contributed by atoms with Crippen molar-refractivity contribution in [3.8, 4) is 39.2 Å². The van der Waals surface area contributed by atoms with Gasteiger partial charge in [-0.15, -0.1) is 0 Å². The summed E-state index contributed by atoms with van der Waals surface area (Å²) < 4.78 is 2.35. The number of benzene rings is 8. The molecule has 0 saturated carbocycles. The van der Waals surface area contributed by atoms with E-state index in [0.717, 1.165) is 46.1 Å². The van der Waals surface area contributed by atoms with Crippen molar-refractivity contribution in [3.63, 3.8) is 0 Å². The molecule has 3 heterocycles. The molecule has 0 spiro atoms. The summed E-state index contributed by atoms with van der Waals surface area (Å²) in [5.74, 6) is 0.866. The van der Waals surface area contributed by atoms with E-state index in [-0.39, 0.29) is 0 Å². The minimum atomic E-state index is 0.374. The molecule has 1 aliphatic heterocycles. The SMILES string of the molecule is Cc1cccc(C)c1N(c1cccc(N2CN(C(C)C)c3ccccc32)c1)c1ccc2c3ccccc3n(-c3cc(-c4c(-c5ccccc5)cccc4-c4ccccc4)ccn3)c2c1. The van der Waals surface area contributed by atoms with Crippen molar-refractivity contribution in [2.24, 2.45) is 0 Å². The van der Waals surface area contributed by atoms with Crippen molar-refractivity contribution < 1.29 is 0 Å². The monoisotopic (exact) mass is 827 g/mol. The average molecular weight is 828 g/mol. The normalized spacial score (nSPS) is 12.4. The molecule has 64 heavy (non-hydrogen) atoms. The zero-order valence-corrected chi connectivity index (χ0v) is 36.7. The number of nitrogens with zero attached hydrogens (tertiary/aromatic N) is 5. The topological polar surface area (TPSA) is 27.5 Å². The van der Waals surface area contributed by atoms with E-state index < -0.39 is 0 Å². The fourth-order valence-corrected chi connectivity index (χ4v) is 9.89. The average Bonchev–Trinajstić information content (AvgIpc) is 3.90. The summed E-state index contributed by atoms with van der Waals surface area (Å²) in [6.07, 6.45) is 1.97. The lowest BCUT2D eigenvalue weighted by molar-refractivity contribution is 0.709. The van der Waals surface area contributed by atoms with Crippen LogP contribution in [0, 0.1) is 13.8 Å². The molecule has 0 unspecified atom stereocenters. The fourth-order valence-electron chi connectivity index (χ4n) is 9.89. The number of anilines is 6. The Labute approximate surface area is 375 Å². The van der Waals surface area contributed by atoms with E-state index in [0.29, 0.717) is 6.04 Å².